The Kier molecular flexibility index (Phi) is 4.99. The van der Waals surface area contributed by atoms with Gasteiger partial charge >= 0.3 is 0 Å². The zero-order valence-corrected chi connectivity index (χ0v) is 13.9. The lowest BCUT2D eigenvalue weighted by atomic mass is 9.80. The number of piperazine rings is 1. The molecular weight excluding hydrogens is 290 g/mol. The van der Waals surface area contributed by atoms with Crippen LogP contribution in [0.25, 0.3) is 0 Å². The van der Waals surface area contributed by atoms with Crippen molar-refractivity contribution in [2.45, 2.75) is 31.4 Å². The third-order valence-electron chi connectivity index (χ3n) is 5.05. The van der Waals surface area contributed by atoms with Crippen molar-refractivity contribution in [3.8, 4) is 0 Å². The van der Waals surface area contributed by atoms with Crippen molar-refractivity contribution in [2.24, 2.45) is 0 Å². The molecule has 0 unspecified atom stereocenters. The van der Waals surface area contributed by atoms with E-state index in [4.69, 9.17) is 0 Å². The first-order valence-electron chi connectivity index (χ1n) is 8.55. The van der Waals surface area contributed by atoms with E-state index in [0.29, 0.717) is 12.1 Å². The zero-order chi connectivity index (χ0) is 16.3. The molecule has 1 aromatic carbocycles. The summed E-state index contributed by atoms with van der Waals surface area (Å²) in [6, 6.07) is 7.83. The second kappa shape index (κ2) is 6.99. The predicted molar refractivity (Wildman–Crippen MR) is 90.4 cm³/mol. The Balaban J connectivity index is 1.55. The van der Waals surface area contributed by atoms with E-state index >= 15 is 0 Å². The van der Waals surface area contributed by atoms with E-state index in [-0.39, 0.29) is 5.91 Å². The number of carbonyl (C=O) groups excluding carboxylic acids is 1. The Hall–Kier alpha value is -1.43. The first kappa shape index (κ1) is 16.4. The van der Waals surface area contributed by atoms with Gasteiger partial charge in [-0.2, -0.15) is 0 Å². The fourth-order valence-electron chi connectivity index (χ4n) is 3.18. The molecule has 23 heavy (non-hydrogen) atoms. The molecule has 0 spiro atoms. The molecule has 1 saturated heterocycles. The van der Waals surface area contributed by atoms with Gasteiger partial charge in [0.25, 0.3) is 5.91 Å². The summed E-state index contributed by atoms with van der Waals surface area (Å²) in [5, 5.41) is 12.9. The second-order valence-electron chi connectivity index (χ2n) is 7.04. The minimum absolute atomic E-state index is 0.0921. The molecule has 0 radical (unpaired) electrons. The maximum Gasteiger partial charge on any atom is 0.251 e. The summed E-state index contributed by atoms with van der Waals surface area (Å²) in [6.07, 6.45) is 2.63. The maximum absolute atomic E-state index is 12.3. The normalized spacial score (nSPS) is 21.7. The largest absolute Gasteiger partial charge is 0.388 e. The van der Waals surface area contributed by atoms with E-state index in [9.17, 15) is 9.90 Å². The van der Waals surface area contributed by atoms with E-state index in [1.807, 2.05) is 18.2 Å². The number of rotatable bonds is 5. The van der Waals surface area contributed by atoms with Crippen LogP contribution in [-0.4, -0.2) is 66.2 Å². The molecule has 3 rings (SSSR count). The van der Waals surface area contributed by atoms with Gasteiger partial charge in [0.2, 0.25) is 0 Å². The molecule has 1 saturated carbocycles. The van der Waals surface area contributed by atoms with Crippen molar-refractivity contribution in [1.82, 2.24) is 15.1 Å². The highest BCUT2D eigenvalue weighted by atomic mass is 16.3. The van der Waals surface area contributed by atoms with Gasteiger partial charge in [-0.1, -0.05) is 12.1 Å². The Morgan fingerprint density at radius 3 is 2.65 bits per heavy atom. The molecule has 2 fully saturated rings. The van der Waals surface area contributed by atoms with E-state index in [1.54, 1.807) is 0 Å². The summed E-state index contributed by atoms with van der Waals surface area (Å²) in [6.45, 7) is 5.57. The number of carbonyl (C=O) groups is 1. The third kappa shape index (κ3) is 4.31. The standard InChI is InChI=1S/C18H27N3O2/c1-20-8-10-21(11-9-20)13-15-4-2-5-16(12-15)17(22)19-14-18(23)6-3-7-18/h2,4-5,12,23H,3,6-11,13-14H2,1H3,(H,19,22). The van der Waals surface area contributed by atoms with Crippen LogP contribution >= 0.6 is 0 Å². The fraction of sp³-hybridized carbons (Fsp3) is 0.611. The number of amides is 1. The topological polar surface area (TPSA) is 55.8 Å². The summed E-state index contributed by atoms with van der Waals surface area (Å²) < 4.78 is 0. The lowest BCUT2D eigenvalue weighted by Gasteiger charge is -2.36. The van der Waals surface area contributed by atoms with E-state index in [0.717, 1.165) is 52.0 Å². The molecule has 0 atom stereocenters. The first-order valence-corrected chi connectivity index (χ1v) is 8.55. The van der Waals surface area contributed by atoms with Crippen LogP contribution in [0.5, 0.6) is 0 Å². The number of nitrogens with one attached hydrogen (secondary N) is 1. The zero-order valence-electron chi connectivity index (χ0n) is 13.9. The highest BCUT2D eigenvalue weighted by Gasteiger charge is 2.34. The second-order valence-corrected chi connectivity index (χ2v) is 7.04. The van der Waals surface area contributed by atoms with Gasteiger partial charge < -0.3 is 15.3 Å². The van der Waals surface area contributed by atoms with Gasteiger partial charge in [0.05, 0.1) is 5.60 Å². The third-order valence-corrected chi connectivity index (χ3v) is 5.05. The summed E-state index contributed by atoms with van der Waals surface area (Å²) in [5.74, 6) is -0.0921. The van der Waals surface area contributed by atoms with Gasteiger partial charge in [-0.05, 0) is 44.0 Å². The highest BCUT2D eigenvalue weighted by Crippen LogP contribution is 2.30. The fourth-order valence-corrected chi connectivity index (χ4v) is 3.18. The molecule has 0 bridgehead atoms. The predicted octanol–water partition coefficient (Wildman–Crippen LogP) is 1.08. The van der Waals surface area contributed by atoms with Gasteiger partial charge in [0, 0.05) is 44.8 Å². The van der Waals surface area contributed by atoms with Gasteiger partial charge in [-0.15, -0.1) is 0 Å². The Labute approximate surface area is 138 Å². The molecule has 126 valence electrons. The monoisotopic (exact) mass is 317 g/mol. The van der Waals surface area contributed by atoms with Crippen molar-refractivity contribution in [3.05, 3.63) is 35.4 Å². The number of aliphatic hydroxyl groups is 1. The van der Waals surface area contributed by atoms with Crippen LogP contribution in [0.1, 0.15) is 35.2 Å². The molecule has 5 nitrogen and oxygen atoms in total. The number of likely N-dealkylation sites (N-methyl/N-ethyl adjacent to an activating group) is 1. The Morgan fingerprint density at radius 2 is 2.00 bits per heavy atom. The number of hydrogen-bond donors (Lipinski definition) is 2. The molecule has 1 aromatic rings. The molecular formula is C18H27N3O2. The van der Waals surface area contributed by atoms with Crippen LogP contribution in [0.4, 0.5) is 0 Å². The molecule has 2 aliphatic rings. The van der Waals surface area contributed by atoms with Gasteiger partial charge in [0.1, 0.15) is 0 Å². The lowest BCUT2D eigenvalue weighted by Crippen LogP contribution is -2.47. The molecule has 5 heteroatoms. The molecule has 0 aromatic heterocycles. The quantitative estimate of drug-likeness (QED) is 0.853. The minimum Gasteiger partial charge on any atom is -0.388 e. The van der Waals surface area contributed by atoms with Gasteiger partial charge in [-0.25, -0.2) is 0 Å². The average molecular weight is 317 g/mol. The summed E-state index contributed by atoms with van der Waals surface area (Å²) in [4.78, 5) is 17.0. The smallest absolute Gasteiger partial charge is 0.251 e. The molecule has 1 heterocycles. The van der Waals surface area contributed by atoms with Crippen LogP contribution in [0.2, 0.25) is 0 Å². The summed E-state index contributed by atoms with van der Waals surface area (Å²) >= 11 is 0. The van der Waals surface area contributed by atoms with E-state index in [2.05, 4.69) is 28.2 Å². The van der Waals surface area contributed by atoms with Crippen molar-refractivity contribution in [2.75, 3.05) is 39.8 Å². The first-order chi connectivity index (χ1) is 11.0. The SMILES string of the molecule is CN1CCN(Cc2cccc(C(=O)NCC3(O)CCC3)c2)CC1. The van der Waals surface area contributed by atoms with Crippen molar-refractivity contribution >= 4 is 5.91 Å². The Morgan fingerprint density at radius 1 is 1.26 bits per heavy atom. The maximum atomic E-state index is 12.3. The highest BCUT2D eigenvalue weighted by molar-refractivity contribution is 5.94. The van der Waals surface area contributed by atoms with Gasteiger partial charge in [0.15, 0.2) is 0 Å². The van der Waals surface area contributed by atoms with E-state index < -0.39 is 5.60 Å². The Bertz CT molecular complexity index is 549. The average Bonchev–Trinajstić information content (AvgIpc) is 2.53. The molecule has 1 aliphatic carbocycles. The van der Waals surface area contributed by atoms with Crippen molar-refractivity contribution in [3.63, 3.8) is 0 Å². The van der Waals surface area contributed by atoms with E-state index in [1.165, 1.54) is 5.56 Å². The molecule has 2 N–H and O–H groups in total. The van der Waals surface area contributed by atoms with Crippen LogP contribution in [0, 0.1) is 0 Å². The number of benzene rings is 1. The number of nitrogens with zero attached hydrogens (tertiary/aromatic N) is 2. The van der Waals surface area contributed by atoms with Crippen molar-refractivity contribution in [1.29, 1.82) is 0 Å². The van der Waals surface area contributed by atoms with Crippen molar-refractivity contribution < 1.29 is 9.90 Å². The number of hydrogen-bond acceptors (Lipinski definition) is 4. The lowest BCUT2D eigenvalue weighted by molar-refractivity contribution is -0.0300. The summed E-state index contributed by atoms with van der Waals surface area (Å²) in [5.41, 5.74) is 1.18. The van der Waals surface area contributed by atoms with Gasteiger partial charge in [-0.3, -0.25) is 9.69 Å². The minimum atomic E-state index is -0.674. The van der Waals surface area contributed by atoms with Crippen LogP contribution in [-0.2, 0) is 6.54 Å². The van der Waals surface area contributed by atoms with Crippen LogP contribution in [0.15, 0.2) is 24.3 Å². The van der Waals surface area contributed by atoms with Crippen LogP contribution < -0.4 is 5.32 Å². The molecule has 1 aliphatic heterocycles. The molecule has 1 amide bonds. The van der Waals surface area contributed by atoms with Crippen LogP contribution in [0.3, 0.4) is 0 Å². The summed E-state index contributed by atoms with van der Waals surface area (Å²) in [7, 11) is 2.15.